The highest BCUT2D eigenvalue weighted by molar-refractivity contribution is 9.10. The van der Waals surface area contributed by atoms with E-state index in [-0.39, 0.29) is 11.7 Å². The van der Waals surface area contributed by atoms with Crippen LogP contribution in [-0.2, 0) is 18.3 Å². The van der Waals surface area contributed by atoms with Crippen molar-refractivity contribution >= 4 is 50.8 Å². The van der Waals surface area contributed by atoms with E-state index in [0.29, 0.717) is 11.0 Å². The van der Waals surface area contributed by atoms with Gasteiger partial charge in [0.2, 0.25) is 5.91 Å². The number of carbonyl (C=O) groups excluding carboxylic acids is 1. The molecule has 0 spiro atoms. The second kappa shape index (κ2) is 8.11. The number of aryl methyl sites for hydroxylation is 1. The topological polar surface area (TPSA) is 72.7 Å². The van der Waals surface area contributed by atoms with Crippen molar-refractivity contribution in [3.05, 3.63) is 39.1 Å². The maximum Gasteiger partial charge on any atom is 0.236 e. The van der Waals surface area contributed by atoms with Gasteiger partial charge in [-0.15, -0.1) is 21.5 Å². The Morgan fingerprint density at radius 1 is 1.40 bits per heavy atom. The van der Waals surface area contributed by atoms with Crippen LogP contribution in [0, 0.1) is 0 Å². The summed E-state index contributed by atoms with van der Waals surface area (Å²) in [6.45, 7) is 2.13. The maximum atomic E-state index is 12.1. The molecule has 130 valence electrons. The van der Waals surface area contributed by atoms with Crippen molar-refractivity contribution in [2.24, 2.45) is 7.05 Å². The quantitative estimate of drug-likeness (QED) is 0.590. The molecule has 6 nitrogen and oxygen atoms in total. The Morgan fingerprint density at radius 3 is 2.92 bits per heavy atom. The third-order valence-electron chi connectivity index (χ3n) is 3.42. The van der Waals surface area contributed by atoms with Crippen LogP contribution < -0.4 is 5.32 Å². The summed E-state index contributed by atoms with van der Waals surface area (Å²) in [5.74, 6) is 1.45. The van der Waals surface area contributed by atoms with Gasteiger partial charge < -0.3 is 9.88 Å². The Kier molecular flexibility index (Phi) is 5.87. The first-order valence-electron chi connectivity index (χ1n) is 7.58. The highest BCUT2D eigenvalue weighted by Crippen LogP contribution is 2.27. The number of hydrogen-bond acceptors (Lipinski definition) is 6. The van der Waals surface area contributed by atoms with Crippen molar-refractivity contribution in [3.63, 3.8) is 0 Å². The molecule has 3 aromatic heterocycles. The molecule has 1 N–H and O–H groups in total. The van der Waals surface area contributed by atoms with Crippen molar-refractivity contribution in [3.8, 4) is 11.4 Å². The fourth-order valence-corrected chi connectivity index (χ4v) is 3.89. The lowest BCUT2D eigenvalue weighted by Crippen LogP contribution is -2.15. The average Bonchev–Trinajstić information content (AvgIpc) is 3.21. The Balaban J connectivity index is 1.61. The number of nitrogens with one attached hydrogen (secondary N) is 1. The van der Waals surface area contributed by atoms with Gasteiger partial charge in [0.15, 0.2) is 11.0 Å². The van der Waals surface area contributed by atoms with Crippen LogP contribution in [0.25, 0.3) is 11.4 Å². The molecule has 0 radical (unpaired) electrons. The van der Waals surface area contributed by atoms with Gasteiger partial charge in [0.25, 0.3) is 0 Å². The molecule has 3 heterocycles. The number of thiophene rings is 1. The van der Waals surface area contributed by atoms with Gasteiger partial charge in [-0.05, 0) is 40.5 Å². The molecule has 0 aliphatic rings. The van der Waals surface area contributed by atoms with Crippen molar-refractivity contribution in [2.75, 3.05) is 11.1 Å². The number of halogens is 1. The molecular weight excluding hydrogens is 422 g/mol. The lowest BCUT2D eigenvalue weighted by Gasteiger charge is -2.04. The molecule has 0 unspecified atom stereocenters. The summed E-state index contributed by atoms with van der Waals surface area (Å²) in [6.07, 6.45) is 2.65. The van der Waals surface area contributed by atoms with Crippen LogP contribution in [0.3, 0.4) is 0 Å². The summed E-state index contributed by atoms with van der Waals surface area (Å²) in [4.78, 5) is 17.5. The van der Waals surface area contributed by atoms with Gasteiger partial charge in [-0.1, -0.05) is 18.7 Å². The number of anilines is 1. The summed E-state index contributed by atoms with van der Waals surface area (Å²) < 4.78 is 2.78. The minimum Gasteiger partial charge on any atom is -0.310 e. The first kappa shape index (κ1) is 18.1. The molecule has 1 amide bonds. The first-order chi connectivity index (χ1) is 12.1. The van der Waals surface area contributed by atoms with E-state index in [1.165, 1.54) is 16.6 Å². The molecule has 0 aliphatic heterocycles. The van der Waals surface area contributed by atoms with Crippen molar-refractivity contribution in [1.82, 2.24) is 19.7 Å². The van der Waals surface area contributed by atoms with E-state index in [0.717, 1.165) is 22.3 Å². The van der Waals surface area contributed by atoms with Crippen LogP contribution in [0.5, 0.6) is 0 Å². The largest absolute Gasteiger partial charge is 0.310 e. The zero-order valence-corrected chi connectivity index (χ0v) is 16.9. The highest BCUT2D eigenvalue weighted by atomic mass is 79.9. The van der Waals surface area contributed by atoms with E-state index in [1.807, 2.05) is 17.7 Å². The summed E-state index contributed by atoms with van der Waals surface area (Å²) in [7, 11) is 1.91. The normalized spacial score (nSPS) is 10.8. The fourth-order valence-electron chi connectivity index (χ4n) is 2.13. The van der Waals surface area contributed by atoms with E-state index in [1.54, 1.807) is 23.6 Å². The second-order valence-electron chi connectivity index (χ2n) is 5.22. The van der Waals surface area contributed by atoms with E-state index in [9.17, 15) is 4.79 Å². The van der Waals surface area contributed by atoms with Gasteiger partial charge >= 0.3 is 0 Å². The number of amides is 1. The van der Waals surface area contributed by atoms with Crippen LogP contribution >= 0.6 is 39.0 Å². The summed E-state index contributed by atoms with van der Waals surface area (Å²) in [5.41, 5.74) is 1.06. The number of nitrogens with zero attached hydrogens (tertiary/aromatic N) is 4. The molecule has 3 aromatic rings. The minimum absolute atomic E-state index is 0.131. The van der Waals surface area contributed by atoms with Gasteiger partial charge in [-0.3, -0.25) is 4.79 Å². The Bertz CT molecular complexity index is 875. The van der Waals surface area contributed by atoms with Gasteiger partial charge in [-0.25, -0.2) is 4.98 Å². The molecule has 0 fully saturated rings. The van der Waals surface area contributed by atoms with E-state index in [4.69, 9.17) is 0 Å². The van der Waals surface area contributed by atoms with Crippen molar-refractivity contribution < 1.29 is 4.79 Å². The SMILES string of the molecule is CCc1cc(-c2nnc(SCC(=O)Nc3ccc(Br)cn3)n2C)cs1. The van der Waals surface area contributed by atoms with Gasteiger partial charge in [0.1, 0.15) is 5.82 Å². The second-order valence-corrected chi connectivity index (χ2v) is 8.07. The van der Waals surface area contributed by atoms with Crippen LogP contribution in [0.1, 0.15) is 11.8 Å². The van der Waals surface area contributed by atoms with Crippen LogP contribution in [0.15, 0.2) is 39.4 Å². The molecule has 9 heteroatoms. The highest BCUT2D eigenvalue weighted by Gasteiger charge is 2.14. The molecule has 0 saturated carbocycles. The first-order valence-corrected chi connectivity index (χ1v) is 10.2. The van der Waals surface area contributed by atoms with Crippen LogP contribution in [0.4, 0.5) is 5.82 Å². The molecular formula is C16H16BrN5OS2. The third kappa shape index (κ3) is 4.47. The molecule has 0 saturated heterocycles. The number of rotatable bonds is 6. The van der Waals surface area contributed by atoms with E-state index >= 15 is 0 Å². The Hall–Kier alpha value is -1.71. The maximum absolute atomic E-state index is 12.1. The summed E-state index contributed by atoms with van der Waals surface area (Å²) in [5, 5.41) is 14.0. The molecule has 0 aliphatic carbocycles. The van der Waals surface area contributed by atoms with Gasteiger partial charge in [-0.2, -0.15) is 0 Å². The zero-order valence-electron chi connectivity index (χ0n) is 13.7. The fraction of sp³-hybridized carbons (Fsp3) is 0.250. The van der Waals surface area contributed by atoms with Gasteiger partial charge in [0.05, 0.1) is 5.75 Å². The number of aromatic nitrogens is 4. The molecule has 0 atom stereocenters. The molecule has 25 heavy (non-hydrogen) atoms. The van der Waals surface area contributed by atoms with Crippen LogP contribution in [-0.4, -0.2) is 31.4 Å². The molecule has 0 bridgehead atoms. The average molecular weight is 438 g/mol. The number of carbonyl (C=O) groups is 1. The third-order valence-corrected chi connectivity index (χ3v) is 5.99. The predicted molar refractivity (Wildman–Crippen MR) is 105 cm³/mol. The molecule has 3 rings (SSSR count). The van der Waals surface area contributed by atoms with E-state index in [2.05, 4.69) is 54.8 Å². The summed E-state index contributed by atoms with van der Waals surface area (Å²) in [6, 6.07) is 5.71. The monoisotopic (exact) mass is 437 g/mol. The zero-order chi connectivity index (χ0) is 17.8. The summed E-state index contributed by atoms with van der Waals surface area (Å²) >= 11 is 6.38. The Labute approximate surface area is 162 Å². The Morgan fingerprint density at radius 2 is 2.24 bits per heavy atom. The van der Waals surface area contributed by atoms with Gasteiger partial charge in [0, 0.05) is 33.5 Å². The van der Waals surface area contributed by atoms with E-state index < -0.39 is 0 Å². The smallest absolute Gasteiger partial charge is 0.236 e. The predicted octanol–water partition coefficient (Wildman–Crippen LogP) is 3.99. The lowest BCUT2D eigenvalue weighted by molar-refractivity contribution is -0.113. The molecule has 0 aromatic carbocycles. The lowest BCUT2D eigenvalue weighted by atomic mass is 10.2. The van der Waals surface area contributed by atoms with Crippen molar-refractivity contribution in [1.29, 1.82) is 0 Å². The van der Waals surface area contributed by atoms with Crippen molar-refractivity contribution in [2.45, 2.75) is 18.5 Å². The minimum atomic E-state index is -0.131. The number of hydrogen-bond donors (Lipinski definition) is 1. The number of pyridine rings is 1. The standard InChI is InChI=1S/C16H16BrN5OS2/c1-3-12-6-10(8-24-12)15-20-21-16(22(15)2)25-9-14(23)19-13-5-4-11(17)7-18-13/h4-8H,3,9H2,1-2H3,(H,18,19,23). The number of thioether (sulfide) groups is 1. The van der Waals surface area contributed by atoms with Crippen LogP contribution in [0.2, 0.25) is 0 Å².